The van der Waals surface area contributed by atoms with E-state index >= 15 is 0 Å². The maximum atomic E-state index is 13.4. The van der Waals surface area contributed by atoms with Crippen molar-refractivity contribution in [3.8, 4) is 23.0 Å². The first-order valence-corrected chi connectivity index (χ1v) is 10.2. The third-order valence-corrected chi connectivity index (χ3v) is 5.66. The van der Waals surface area contributed by atoms with Crippen LogP contribution in [-0.4, -0.2) is 40.3 Å². The van der Waals surface area contributed by atoms with Gasteiger partial charge in [0.15, 0.2) is 11.6 Å². The van der Waals surface area contributed by atoms with E-state index in [0.717, 1.165) is 28.7 Å². The molecule has 0 bridgehead atoms. The van der Waals surface area contributed by atoms with Gasteiger partial charge in [0.2, 0.25) is 5.95 Å². The first-order valence-electron chi connectivity index (χ1n) is 10.2. The Morgan fingerprint density at radius 3 is 2.48 bits per heavy atom. The van der Waals surface area contributed by atoms with Crippen molar-refractivity contribution in [1.82, 2.24) is 34.3 Å². The number of benzene rings is 1. The van der Waals surface area contributed by atoms with Gasteiger partial charge in [0, 0.05) is 24.0 Å². The van der Waals surface area contributed by atoms with Crippen LogP contribution in [0.3, 0.4) is 0 Å². The molecule has 0 aliphatic carbocycles. The molecule has 0 N–H and O–H groups in total. The third-order valence-electron chi connectivity index (χ3n) is 5.66. The second-order valence-corrected chi connectivity index (χ2v) is 8.44. The number of fused-ring (bicyclic) bond motifs is 3. The summed E-state index contributed by atoms with van der Waals surface area (Å²) in [6.45, 7) is 10.4. The lowest BCUT2D eigenvalue weighted by atomic mass is 9.96. The summed E-state index contributed by atoms with van der Waals surface area (Å²) in [6, 6.07) is 6.40. The van der Waals surface area contributed by atoms with Crippen LogP contribution in [0.5, 0.6) is 0 Å². The van der Waals surface area contributed by atoms with Crippen molar-refractivity contribution in [2.24, 2.45) is 0 Å². The van der Waals surface area contributed by atoms with E-state index < -0.39 is 5.54 Å². The average molecular weight is 418 g/mol. The molecule has 0 radical (unpaired) electrons. The predicted molar refractivity (Wildman–Crippen MR) is 115 cm³/mol. The molecule has 1 aromatic carbocycles. The lowest BCUT2D eigenvalue weighted by Gasteiger charge is -2.45. The molecule has 0 spiro atoms. The first kappa shape index (κ1) is 19.3. The molecule has 158 valence electrons. The summed E-state index contributed by atoms with van der Waals surface area (Å²) in [5, 5.41) is 8.75. The molecule has 5 rings (SSSR count). The molecule has 0 atom stereocenters. The minimum absolute atomic E-state index is 0.168. The smallest absolute Gasteiger partial charge is 0.237 e. The van der Waals surface area contributed by atoms with Crippen molar-refractivity contribution in [2.75, 3.05) is 4.90 Å². The standard InChI is InChI=1S/C22H23FN8/c1-13(2)31-19-17(30-14(3)27-28-20(30)22(31,4)5)12-25-21(26-19)29-11-10-24-18(29)15-6-8-16(23)9-7-15/h6-13H,1-5H3. The lowest BCUT2D eigenvalue weighted by molar-refractivity contribution is 0.397. The van der Waals surface area contributed by atoms with E-state index in [-0.39, 0.29) is 11.9 Å². The molecule has 8 nitrogen and oxygen atoms in total. The Hall–Kier alpha value is -3.62. The number of hydrogen-bond acceptors (Lipinski definition) is 6. The van der Waals surface area contributed by atoms with Crippen molar-refractivity contribution in [1.29, 1.82) is 0 Å². The van der Waals surface area contributed by atoms with E-state index in [1.54, 1.807) is 24.5 Å². The summed E-state index contributed by atoms with van der Waals surface area (Å²) in [6.07, 6.45) is 5.30. The van der Waals surface area contributed by atoms with Crippen LogP contribution in [0.15, 0.2) is 42.9 Å². The summed E-state index contributed by atoms with van der Waals surface area (Å²) in [4.78, 5) is 16.3. The molecule has 31 heavy (non-hydrogen) atoms. The van der Waals surface area contributed by atoms with Crippen molar-refractivity contribution >= 4 is 5.82 Å². The molecule has 9 heteroatoms. The van der Waals surface area contributed by atoms with Crippen molar-refractivity contribution < 1.29 is 4.39 Å². The van der Waals surface area contributed by atoms with Crippen LogP contribution in [0, 0.1) is 12.7 Å². The molecular formula is C22H23FN8. The van der Waals surface area contributed by atoms with Gasteiger partial charge in [-0.25, -0.2) is 14.4 Å². The number of aryl methyl sites for hydroxylation is 1. The number of aromatic nitrogens is 7. The zero-order valence-corrected chi connectivity index (χ0v) is 18.1. The van der Waals surface area contributed by atoms with E-state index in [1.807, 2.05) is 22.3 Å². The van der Waals surface area contributed by atoms with Crippen LogP contribution in [-0.2, 0) is 5.54 Å². The topological polar surface area (TPSA) is 77.5 Å². The molecule has 0 unspecified atom stereocenters. The molecule has 4 heterocycles. The highest BCUT2D eigenvalue weighted by Gasteiger charge is 2.43. The Labute approximate surface area is 179 Å². The highest BCUT2D eigenvalue weighted by molar-refractivity contribution is 5.65. The number of rotatable bonds is 3. The molecule has 3 aromatic heterocycles. The maximum absolute atomic E-state index is 13.4. The fraction of sp³-hybridized carbons (Fsp3) is 0.318. The van der Waals surface area contributed by atoms with Crippen LogP contribution in [0.25, 0.3) is 23.0 Å². The normalized spacial score (nSPS) is 14.6. The SMILES string of the molecule is Cc1nnc2n1-c1cnc(-n3ccnc3-c3ccc(F)cc3)nc1N(C(C)C)C2(C)C. The largest absolute Gasteiger partial charge is 0.340 e. The van der Waals surface area contributed by atoms with E-state index in [2.05, 4.69) is 52.8 Å². The van der Waals surface area contributed by atoms with Gasteiger partial charge < -0.3 is 4.90 Å². The Morgan fingerprint density at radius 2 is 1.77 bits per heavy atom. The van der Waals surface area contributed by atoms with Gasteiger partial charge in [-0.05, 0) is 58.9 Å². The van der Waals surface area contributed by atoms with Gasteiger partial charge in [-0.1, -0.05) is 0 Å². The second-order valence-electron chi connectivity index (χ2n) is 8.44. The number of nitrogens with zero attached hydrogens (tertiary/aromatic N) is 8. The van der Waals surface area contributed by atoms with E-state index in [9.17, 15) is 4.39 Å². The van der Waals surface area contributed by atoms with Crippen molar-refractivity contribution in [3.05, 3.63) is 60.3 Å². The zero-order valence-electron chi connectivity index (χ0n) is 18.1. The third kappa shape index (κ3) is 2.83. The van der Waals surface area contributed by atoms with Gasteiger partial charge in [-0.15, -0.1) is 10.2 Å². The second kappa shape index (κ2) is 6.69. The fourth-order valence-electron chi connectivity index (χ4n) is 4.40. The maximum Gasteiger partial charge on any atom is 0.237 e. The Kier molecular flexibility index (Phi) is 4.18. The molecule has 1 aliphatic heterocycles. The van der Waals surface area contributed by atoms with Crippen LogP contribution in [0.2, 0.25) is 0 Å². The summed E-state index contributed by atoms with van der Waals surface area (Å²) in [5.74, 6) is 3.30. The molecule has 0 fully saturated rings. The minimum atomic E-state index is -0.414. The van der Waals surface area contributed by atoms with E-state index in [0.29, 0.717) is 11.8 Å². The zero-order chi connectivity index (χ0) is 21.9. The van der Waals surface area contributed by atoms with Crippen molar-refractivity contribution in [2.45, 2.75) is 46.2 Å². The van der Waals surface area contributed by atoms with Crippen LogP contribution < -0.4 is 4.90 Å². The molecular weight excluding hydrogens is 395 g/mol. The van der Waals surface area contributed by atoms with Crippen LogP contribution in [0.1, 0.15) is 39.3 Å². The molecule has 1 aliphatic rings. The quantitative estimate of drug-likeness (QED) is 0.503. The fourth-order valence-corrected chi connectivity index (χ4v) is 4.40. The monoisotopic (exact) mass is 418 g/mol. The molecule has 0 amide bonds. The molecule has 0 saturated heterocycles. The minimum Gasteiger partial charge on any atom is -0.340 e. The van der Waals surface area contributed by atoms with Crippen molar-refractivity contribution in [3.63, 3.8) is 0 Å². The molecule has 4 aromatic rings. The number of halogens is 1. The van der Waals surface area contributed by atoms with E-state index in [4.69, 9.17) is 4.98 Å². The number of anilines is 1. The number of hydrogen-bond donors (Lipinski definition) is 0. The van der Waals surface area contributed by atoms with Gasteiger partial charge in [-0.2, -0.15) is 4.98 Å². The summed E-state index contributed by atoms with van der Waals surface area (Å²) in [5.41, 5.74) is 1.21. The van der Waals surface area contributed by atoms with Crippen LogP contribution >= 0.6 is 0 Å². The highest BCUT2D eigenvalue weighted by Crippen LogP contribution is 2.42. The highest BCUT2D eigenvalue weighted by atomic mass is 19.1. The average Bonchev–Trinajstić information content (AvgIpc) is 3.35. The van der Waals surface area contributed by atoms with Crippen LogP contribution in [0.4, 0.5) is 10.2 Å². The van der Waals surface area contributed by atoms with Gasteiger partial charge in [0.25, 0.3) is 0 Å². The summed E-state index contributed by atoms with van der Waals surface area (Å²) < 4.78 is 17.2. The van der Waals surface area contributed by atoms with Gasteiger partial charge in [-0.3, -0.25) is 9.13 Å². The van der Waals surface area contributed by atoms with Gasteiger partial charge >= 0.3 is 0 Å². The lowest BCUT2D eigenvalue weighted by Crippen LogP contribution is -2.51. The number of imidazole rings is 1. The predicted octanol–water partition coefficient (Wildman–Crippen LogP) is 3.82. The summed E-state index contributed by atoms with van der Waals surface area (Å²) >= 11 is 0. The van der Waals surface area contributed by atoms with Gasteiger partial charge in [0.05, 0.1) is 11.7 Å². The van der Waals surface area contributed by atoms with Gasteiger partial charge in [0.1, 0.15) is 23.2 Å². The van der Waals surface area contributed by atoms with E-state index in [1.165, 1.54) is 12.1 Å². The first-order chi connectivity index (χ1) is 14.8. The Bertz CT molecular complexity index is 1270. The Balaban J connectivity index is 1.70. The Morgan fingerprint density at radius 1 is 1.03 bits per heavy atom. The summed E-state index contributed by atoms with van der Waals surface area (Å²) in [7, 11) is 0. The molecule has 0 saturated carbocycles.